The number of benzene rings is 1. The van der Waals surface area contributed by atoms with Crippen molar-refractivity contribution in [1.82, 2.24) is 5.32 Å². The number of carboxylic acids is 1. The van der Waals surface area contributed by atoms with Crippen LogP contribution in [-0.4, -0.2) is 35.6 Å². The molecule has 6 N–H and O–H groups in total. The minimum Gasteiger partial charge on any atom is -0.479 e. The minimum atomic E-state index is -1.88. The molecule has 1 aromatic carbocycles. The molecule has 0 saturated carbocycles. The number of aliphatic carboxylic acids is 1. The van der Waals surface area contributed by atoms with Gasteiger partial charge in [-0.1, -0.05) is 30.3 Å². The molecule has 0 radical (unpaired) electrons. The van der Waals surface area contributed by atoms with Crippen molar-refractivity contribution in [3.05, 3.63) is 35.9 Å². The van der Waals surface area contributed by atoms with Crippen LogP contribution in [0.5, 0.6) is 0 Å². The van der Waals surface area contributed by atoms with E-state index in [0.29, 0.717) is 32.4 Å². The normalized spacial score (nSPS) is 13.4. The van der Waals surface area contributed by atoms with Crippen molar-refractivity contribution in [2.45, 2.75) is 31.2 Å². The van der Waals surface area contributed by atoms with Gasteiger partial charge in [0, 0.05) is 6.54 Å². The lowest BCUT2D eigenvalue weighted by atomic mass is 9.92. The number of unbranched alkanes of at least 4 members (excludes halogenated alkanes) is 1. The van der Waals surface area contributed by atoms with E-state index in [9.17, 15) is 14.7 Å². The Morgan fingerprint density at radius 2 is 1.86 bits per heavy atom. The molecule has 6 heteroatoms. The summed E-state index contributed by atoms with van der Waals surface area (Å²) in [5.74, 6) is -1.96. The van der Waals surface area contributed by atoms with Crippen LogP contribution in [0.3, 0.4) is 0 Å². The van der Waals surface area contributed by atoms with E-state index in [1.165, 1.54) is 0 Å². The molecule has 1 rings (SSSR count). The lowest BCUT2D eigenvalue weighted by molar-refractivity contribution is -0.149. The first-order valence-electron chi connectivity index (χ1n) is 7.05. The van der Waals surface area contributed by atoms with Gasteiger partial charge in [-0.2, -0.15) is 0 Å². The van der Waals surface area contributed by atoms with Gasteiger partial charge in [0.1, 0.15) is 0 Å². The summed E-state index contributed by atoms with van der Waals surface area (Å²) in [6.45, 7) is 0.803. The monoisotopic (exact) mass is 293 g/mol. The first-order valence-corrected chi connectivity index (χ1v) is 7.05. The molecule has 1 amide bonds. The first-order chi connectivity index (χ1) is 10.0. The maximum Gasteiger partial charge on any atom is 0.333 e. The standard InChI is InChI=1S/C15H23N3O3/c16-10-5-4-9-15(17,14(20)21)13(19)18-11-8-12-6-2-1-3-7-12/h1-3,6-7H,4-5,8-11,16-17H2,(H,18,19)(H,20,21)/t15-/m1/s1. The largest absolute Gasteiger partial charge is 0.479 e. The molecule has 0 bridgehead atoms. The van der Waals surface area contributed by atoms with E-state index in [-0.39, 0.29) is 6.42 Å². The van der Waals surface area contributed by atoms with Gasteiger partial charge in [0.25, 0.3) is 5.91 Å². The second-order valence-electron chi connectivity index (χ2n) is 5.01. The van der Waals surface area contributed by atoms with E-state index in [4.69, 9.17) is 11.5 Å². The highest BCUT2D eigenvalue weighted by atomic mass is 16.4. The zero-order valence-corrected chi connectivity index (χ0v) is 12.0. The van der Waals surface area contributed by atoms with Crippen molar-refractivity contribution in [2.75, 3.05) is 13.1 Å². The number of carbonyl (C=O) groups is 2. The topological polar surface area (TPSA) is 118 Å². The summed E-state index contributed by atoms with van der Waals surface area (Å²) >= 11 is 0. The molecule has 1 atom stereocenters. The molecule has 1 aromatic rings. The summed E-state index contributed by atoms with van der Waals surface area (Å²) in [7, 11) is 0. The number of hydrogen-bond donors (Lipinski definition) is 4. The third-order valence-electron chi connectivity index (χ3n) is 3.35. The predicted molar refractivity (Wildman–Crippen MR) is 80.6 cm³/mol. The highest BCUT2D eigenvalue weighted by molar-refractivity contribution is 6.06. The third-order valence-corrected chi connectivity index (χ3v) is 3.35. The van der Waals surface area contributed by atoms with Crippen LogP contribution < -0.4 is 16.8 Å². The Morgan fingerprint density at radius 3 is 2.43 bits per heavy atom. The summed E-state index contributed by atoms with van der Waals surface area (Å²) in [4.78, 5) is 23.3. The molecule has 0 heterocycles. The summed E-state index contributed by atoms with van der Waals surface area (Å²) in [5, 5.41) is 11.8. The fraction of sp³-hybridized carbons (Fsp3) is 0.467. The van der Waals surface area contributed by atoms with Crippen molar-refractivity contribution in [3.63, 3.8) is 0 Å². The fourth-order valence-electron chi connectivity index (χ4n) is 1.99. The molecule has 0 aromatic heterocycles. The van der Waals surface area contributed by atoms with Crippen LogP contribution in [0.4, 0.5) is 0 Å². The van der Waals surface area contributed by atoms with E-state index >= 15 is 0 Å². The van der Waals surface area contributed by atoms with Crippen molar-refractivity contribution in [3.8, 4) is 0 Å². The third kappa shape index (κ3) is 5.17. The van der Waals surface area contributed by atoms with Gasteiger partial charge in [0.2, 0.25) is 0 Å². The Morgan fingerprint density at radius 1 is 1.19 bits per heavy atom. The molecular weight excluding hydrogens is 270 g/mol. The van der Waals surface area contributed by atoms with Gasteiger partial charge < -0.3 is 21.9 Å². The Bertz CT molecular complexity index is 464. The summed E-state index contributed by atoms with van der Waals surface area (Å²) in [6, 6.07) is 9.62. The Hall–Kier alpha value is -1.92. The Kier molecular flexibility index (Phi) is 6.84. The Labute approximate surface area is 124 Å². The van der Waals surface area contributed by atoms with Gasteiger partial charge in [0.05, 0.1) is 0 Å². The minimum absolute atomic E-state index is 0.0801. The maximum absolute atomic E-state index is 12.0. The quantitative estimate of drug-likeness (QED) is 0.384. The molecule has 0 spiro atoms. The van der Waals surface area contributed by atoms with Crippen molar-refractivity contribution >= 4 is 11.9 Å². The van der Waals surface area contributed by atoms with E-state index in [2.05, 4.69) is 5.32 Å². The molecule has 6 nitrogen and oxygen atoms in total. The fourth-order valence-corrected chi connectivity index (χ4v) is 1.99. The second-order valence-corrected chi connectivity index (χ2v) is 5.01. The van der Waals surface area contributed by atoms with Gasteiger partial charge in [-0.25, -0.2) is 4.79 Å². The van der Waals surface area contributed by atoms with Gasteiger partial charge in [-0.15, -0.1) is 0 Å². The van der Waals surface area contributed by atoms with Gasteiger partial charge in [0.15, 0.2) is 5.54 Å². The average molecular weight is 293 g/mol. The number of hydrogen-bond acceptors (Lipinski definition) is 4. The predicted octanol–water partition coefficient (Wildman–Crippen LogP) is 0.256. The van der Waals surface area contributed by atoms with Crippen molar-refractivity contribution in [1.29, 1.82) is 0 Å². The highest BCUT2D eigenvalue weighted by Gasteiger charge is 2.41. The molecule has 0 aliphatic carbocycles. The summed E-state index contributed by atoms with van der Waals surface area (Å²) in [5.41, 5.74) is 10.3. The molecule has 0 fully saturated rings. The summed E-state index contributed by atoms with van der Waals surface area (Å²) in [6.07, 6.45) is 1.86. The SMILES string of the molecule is NCCCC[C@](N)(C(=O)O)C(=O)NCCc1ccccc1. The van der Waals surface area contributed by atoms with Crippen LogP contribution in [0.25, 0.3) is 0 Å². The van der Waals surface area contributed by atoms with Crippen molar-refractivity contribution < 1.29 is 14.7 Å². The summed E-state index contributed by atoms with van der Waals surface area (Å²) < 4.78 is 0. The molecule has 0 unspecified atom stereocenters. The maximum atomic E-state index is 12.0. The van der Waals surface area contributed by atoms with Gasteiger partial charge in [-0.05, 0) is 37.8 Å². The van der Waals surface area contributed by atoms with E-state index in [1.54, 1.807) is 0 Å². The number of amides is 1. The van der Waals surface area contributed by atoms with E-state index < -0.39 is 17.4 Å². The number of rotatable bonds is 9. The van der Waals surface area contributed by atoms with Gasteiger partial charge >= 0.3 is 5.97 Å². The average Bonchev–Trinajstić information content (AvgIpc) is 2.48. The molecule has 0 aliphatic rings. The molecular formula is C15H23N3O3. The second kappa shape index (κ2) is 8.39. The molecule has 21 heavy (non-hydrogen) atoms. The van der Waals surface area contributed by atoms with Gasteiger partial charge in [-0.3, -0.25) is 4.79 Å². The van der Waals surface area contributed by atoms with E-state index in [1.807, 2.05) is 30.3 Å². The molecule has 0 aliphatic heterocycles. The number of nitrogens with two attached hydrogens (primary N) is 2. The van der Waals surface area contributed by atoms with E-state index in [0.717, 1.165) is 5.56 Å². The number of carboxylic acid groups (broad SMARTS) is 1. The zero-order valence-electron chi connectivity index (χ0n) is 12.0. The molecule has 116 valence electrons. The number of carbonyl (C=O) groups excluding carboxylic acids is 1. The van der Waals surface area contributed by atoms with Crippen LogP contribution in [0.1, 0.15) is 24.8 Å². The molecule has 0 saturated heterocycles. The zero-order chi connectivity index (χ0) is 15.7. The first kappa shape index (κ1) is 17.1. The Balaban J connectivity index is 2.51. The van der Waals surface area contributed by atoms with Crippen LogP contribution in [0.2, 0.25) is 0 Å². The highest BCUT2D eigenvalue weighted by Crippen LogP contribution is 2.12. The van der Waals surface area contributed by atoms with Crippen LogP contribution in [0.15, 0.2) is 30.3 Å². The van der Waals surface area contributed by atoms with Crippen LogP contribution >= 0.6 is 0 Å². The lowest BCUT2D eigenvalue weighted by Crippen LogP contribution is -2.59. The lowest BCUT2D eigenvalue weighted by Gasteiger charge is -2.23. The van der Waals surface area contributed by atoms with Crippen molar-refractivity contribution in [2.24, 2.45) is 11.5 Å². The number of nitrogens with one attached hydrogen (secondary N) is 1. The smallest absolute Gasteiger partial charge is 0.333 e. The van der Waals surface area contributed by atoms with Crippen LogP contribution in [-0.2, 0) is 16.0 Å². The van der Waals surface area contributed by atoms with Crippen LogP contribution in [0, 0.1) is 0 Å².